The average Bonchev–Trinajstić information content (AvgIpc) is 2.86. The first-order valence-electron chi connectivity index (χ1n) is 5.75. The van der Waals surface area contributed by atoms with E-state index in [1.54, 1.807) is 11.3 Å². The predicted molar refractivity (Wildman–Crippen MR) is 69.3 cm³/mol. The van der Waals surface area contributed by atoms with Crippen LogP contribution in [0.25, 0.3) is 10.6 Å². The smallest absolute Gasteiger partial charge is 0.151 e. The van der Waals surface area contributed by atoms with E-state index in [2.05, 4.69) is 15.5 Å². The van der Waals surface area contributed by atoms with Gasteiger partial charge < -0.3 is 9.73 Å². The molecule has 4 nitrogen and oxygen atoms in total. The van der Waals surface area contributed by atoms with Gasteiger partial charge in [-0.15, -0.1) is 10.2 Å². The highest BCUT2D eigenvalue weighted by atomic mass is 32.1. The van der Waals surface area contributed by atoms with E-state index in [1.165, 1.54) is 0 Å². The number of hydrogen-bond acceptors (Lipinski definition) is 5. The third-order valence-electron chi connectivity index (χ3n) is 2.56. The lowest BCUT2D eigenvalue weighted by molar-refractivity contribution is 0.505. The van der Waals surface area contributed by atoms with Gasteiger partial charge in [-0.3, -0.25) is 0 Å². The molecule has 0 saturated heterocycles. The molecule has 5 heteroatoms. The summed E-state index contributed by atoms with van der Waals surface area (Å²) in [5.41, 5.74) is 1.07. The zero-order valence-electron chi connectivity index (χ0n) is 10.4. The number of aromatic nitrogens is 2. The van der Waals surface area contributed by atoms with Gasteiger partial charge in [0.05, 0.1) is 5.56 Å². The topological polar surface area (TPSA) is 51.0 Å². The van der Waals surface area contributed by atoms with E-state index in [9.17, 15) is 0 Å². The van der Waals surface area contributed by atoms with Crippen molar-refractivity contribution in [3.8, 4) is 10.6 Å². The first-order valence-corrected chi connectivity index (χ1v) is 6.56. The van der Waals surface area contributed by atoms with Crippen molar-refractivity contribution in [3.05, 3.63) is 22.6 Å². The highest BCUT2D eigenvalue weighted by Crippen LogP contribution is 2.29. The number of nitrogens with one attached hydrogen (secondary N) is 1. The minimum absolute atomic E-state index is 0.917. The first-order chi connectivity index (χ1) is 8.20. The predicted octanol–water partition coefficient (Wildman–Crippen LogP) is 2.57. The van der Waals surface area contributed by atoms with Crippen LogP contribution in [0.1, 0.15) is 22.9 Å². The maximum atomic E-state index is 5.51. The van der Waals surface area contributed by atoms with Crippen molar-refractivity contribution in [1.29, 1.82) is 0 Å². The quantitative estimate of drug-likeness (QED) is 0.830. The molecule has 0 unspecified atom stereocenters. The Labute approximate surface area is 105 Å². The van der Waals surface area contributed by atoms with Gasteiger partial charge in [0.25, 0.3) is 0 Å². The molecule has 17 heavy (non-hydrogen) atoms. The van der Waals surface area contributed by atoms with Crippen LogP contribution in [0.5, 0.6) is 0 Å². The second kappa shape index (κ2) is 5.42. The second-order valence-corrected chi connectivity index (χ2v) is 5.10. The average molecular weight is 251 g/mol. The van der Waals surface area contributed by atoms with Gasteiger partial charge in [0, 0.05) is 6.42 Å². The van der Waals surface area contributed by atoms with Crippen LogP contribution in [0.2, 0.25) is 0 Å². The summed E-state index contributed by atoms with van der Waals surface area (Å²) in [6, 6.07) is 2.02. The molecule has 0 aliphatic heterocycles. The van der Waals surface area contributed by atoms with E-state index in [0.29, 0.717) is 0 Å². The number of furan rings is 1. The Morgan fingerprint density at radius 1 is 1.35 bits per heavy atom. The molecule has 0 atom stereocenters. The molecule has 0 aliphatic carbocycles. The molecule has 0 fully saturated rings. The molecule has 2 aromatic heterocycles. The molecule has 2 heterocycles. The number of nitrogens with zero attached hydrogens (tertiary/aromatic N) is 2. The van der Waals surface area contributed by atoms with Crippen molar-refractivity contribution in [2.24, 2.45) is 0 Å². The van der Waals surface area contributed by atoms with Crippen molar-refractivity contribution >= 4 is 11.3 Å². The van der Waals surface area contributed by atoms with Gasteiger partial charge in [0.15, 0.2) is 5.01 Å². The molecule has 2 rings (SSSR count). The summed E-state index contributed by atoms with van der Waals surface area (Å²) >= 11 is 1.65. The van der Waals surface area contributed by atoms with Crippen LogP contribution in [-0.4, -0.2) is 23.8 Å². The van der Waals surface area contributed by atoms with Crippen LogP contribution in [0.3, 0.4) is 0 Å². The Hall–Kier alpha value is -1.20. The largest absolute Gasteiger partial charge is 0.466 e. The lowest BCUT2D eigenvalue weighted by Gasteiger charge is -1.94. The highest BCUT2D eigenvalue weighted by molar-refractivity contribution is 7.14. The molecular formula is C12H17N3OS. The van der Waals surface area contributed by atoms with E-state index < -0.39 is 0 Å². The Kier molecular flexibility index (Phi) is 3.91. The Morgan fingerprint density at radius 2 is 2.18 bits per heavy atom. The van der Waals surface area contributed by atoms with E-state index in [4.69, 9.17) is 4.42 Å². The van der Waals surface area contributed by atoms with Gasteiger partial charge in [0.1, 0.15) is 16.5 Å². The van der Waals surface area contributed by atoms with Crippen molar-refractivity contribution < 1.29 is 4.42 Å². The summed E-state index contributed by atoms with van der Waals surface area (Å²) in [5, 5.41) is 13.6. The van der Waals surface area contributed by atoms with Crippen LogP contribution in [0, 0.1) is 13.8 Å². The van der Waals surface area contributed by atoms with Gasteiger partial charge in [-0.2, -0.15) is 0 Å². The summed E-state index contributed by atoms with van der Waals surface area (Å²) < 4.78 is 5.51. The van der Waals surface area contributed by atoms with Gasteiger partial charge >= 0.3 is 0 Å². The molecule has 2 aromatic rings. The number of hydrogen-bond donors (Lipinski definition) is 1. The zero-order chi connectivity index (χ0) is 12.3. The molecule has 0 spiro atoms. The van der Waals surface area contributed by atoms with Crippen molar-refractivity contribution in [2.75, 3.05) is 13.6 Å². The van der Waals surface area contributed by atoms with Crippen LogP contribution in [-0.2, 0) is 6.42 Å². The molecule has 0 aliphatic rings. The summed E-state index contributed by atoms with van der Waals surface area (Å²) in [5.74, 6) is 1.84. The third-order valence-corrected chi connectivity index (χ3v) is 3.57. The monoisotopic (exact) mass is 251 g/mol. The van der Waals surface area contributed by atoms with Crippen LogP contribution in [0.4, 0.5) is 0 Å². The summed E-state index contributed by atoms with van der Waals surface area (Å²) in [6.07, 6.45) is 2.07. The SMILES string of the molecule is CNCCCc1nnc(-c2cc(C)oc2C)s1. The first kappa shape index (κ1) is 12.3. The lowest BCUT2D eigenvalue weighted by atomic mass is 10.2. The summed E-state index contributed by atoms with van der Waals surface area (Å²) in [4.78, 5) is 0. The fourth-order valence-electron chi connectivity index (χ4n) is 1.72. The molecule has 1 N–H and O–H groups in total. The van der Waals surface area contributed by atoms with Crippen LogP contribution < -0.4 is 5.32 Å². The third kappa shape index (κ3) is 2.92. The molecule has 0 bridgehead atoms. The number of aryl methyl sites for hydroxylation is 3. The van der Waals surface area contributed by atoms with E-state index >= 15 is 0 Å². The summed E-state index contributed by atoms with van der Waals surface area (Å²) in [6.45, 7) is 4.93. The van der Waals surface area contributed by atoms with Gasteiger partial charge in [-0.25, -0.2) is 0 Å². The standard InChI is InChI=1S/C12H17N3OS/c1-8-7-10(9(2)16-8)12-15-14-11(17-12)5-4-6-13-3/h7,13H,4-6H2,1-3H3. The Bertz CT molecular complexity index is 490. The minimum Gasteiger partial charge on any atom is -0.466 e. The fraction of sp³-hybridized carbons (Fsp3) is 0.500. The highest BCUT2D eigenvalue weighted by Gasteiger charge is 2.12. The molecule has 0 amide bonds. The molecule has 0 radical (unpaired) electrons. The molecular weight excluding hydrogens is 234 g/mol. The molecule has 0 saturated carbocycles. The van der Waals surface area contributed by atoms with E-state index in [-0.39, 0.29) is 0 Å². The molecule has 92 valence electrons. The second-order valence-electron chi connectivity index (χ2n) is 4.03. The maximum Gasteiger partial charge on any atom is 0.151 e. The molecule has 0 aromatic carbocycles. The summed E-state index contributed by atoms with van der Waals surface area (Å²) in [7, 11) is 1.96. The van der Waals surface area contributed by atoms with E-state index in [1.807, 2.05) is 27.0 Å². The fourth-order valence-corrected chi connectivity index (χ4v) is 2.67. The van der Waals surface area contributed by atoms with E-state index in [0.717, 1.165) is 46.5 Å². The minimum atomic E-state index is 0.917. The Balaban J connectivity index is 2.10. The lowest BCUT2D eigenvalue weighted by Crippen LogP contribution is -2.08. The zero-order valence-corrected chi connectivity index (χ0v) is 11.2. The van der Waals surface area contributed by atoms with Gasteiger partial charge in [-0.1, -0.05) is 11.3 Å². The van der Waals surface area contributed by atoms with Crippen molar-refractivity contribution in [2.45, 2.75) is 26.7 Å². The van der Waals surface area contributed by atoms with Gasteiger partial charge in [-0.05, 0) is 39.9 Å². The Morgan fingerprint density at radius 3 is 2.82 bits per heavy atom. The van der Waals surface area contributed by atoms with Crippen molar-refractivity contribution in [3.63, 3.8) is 0 Å². The number of rotatable bonds is 5. The van der Waals surface area contributed by atoms with Crippen molar-refractivity contribution in [1.82, 2.24) is 15.5 Å². The maximum absolute atomic E-state index is 5.51. The van der Waals surface area contributed by atoms with Gasteiger partial charge in [0.2, 0.25) is 0 Å². The van der Waals surface area contributed by atoms with Crippen LogP contribution in [0.15, 0.2) is 10.5 Å². The normalized spacial score (nSPS) is 11.0. The van der Waals surface area contributed by atoms with Crippen LogP contribution >= 0.6 is 11.3 Å².